The summed E-state index contributed by atoms with van der Waals surface area (Å²) in [5.74, 6) is 0.603. The van der Waals surface area contributed by atoms with Crippen LogP contribution in [0.5, 0.6) is 0 Å². The molecule has 2 fully saturated rings. The topological polar surface area (TPSA) is 152 Å². The van der Waals surface area contributed by atoms with Crippen LogP contribution >= 0.6 is 22.9 Å². The van der Waals surface area contributed by atoms with E-state index >= 15 is 0 Å². The van der Waals surface area contributed by atoms with Crippen LogP contribution in [0.2, 0.25) is 5.02 Å². The van der Waals surface area contributed by atoms with Gasteiger partial charge in [0.05, 0.1) is 72.3 Å². The summed E-state index contributed by atoms with van der Waals surface area (Å²) in [4.78, 5) is 41.2. The number of fused-ring (bicyclic) bond motifs is 5. The van der Waals surface area contributed by atoms with Gasteiger partial charge in [-0.15, -0.1) is 16.0 Å². The van der Waals surface area contributed by atoms with Crippen molar-refractivity contribution in [2.75, 3.05) is 26.2 Å². The Morgan fingerprint density at radius 2 is 1.86 bits per heavy atom. The van der Waals surface area contributed by atoms with Crippen molar-refractivity contribution in [2.24, 2.45) is 22.2 Å². The quantitative estimate of drug-likeness (QED) is 0.1000. The highest BCUT2D eigenvalue weighted by atomic mass is 35.5. The highest BCUT2D eigenvalue weighted by Crippen LogP contribution is 2.45. The van der Waals surface area contributed by atoms with Gasteiger partial charge >= 0.3 is 0 Å². The van der Waals surface area contributed by atoms with Crippen molar-refractivity contribution in [3.8, 4) is 16.1 Å². The van der Waals surface area contributed by atoms with Crippen LogP contribution in [-0.4, -0.2) is 95.9 Å². The lowest BCUT2D eigenvalue weighted by molar-refractivity contribution is -0.462. The van der Waals surface area contributed by atoms with Gasteiger partial charge in [-0.1, -0.05) is 67.9 Å². The number of nitrogens with zero attached hydrogens (tertiary/aromatic N) is 8. The van der Waals surface area contributed by atoms with Gasteiger partial charge in [0, 0.05) is 13.0 Å². The van der Waals surface area contributed by atoms with E-state index < -0.39 is 23.8 Å². The summed E-state index contributed by atoms with van der Waals surface area (Å²) in [6.07, 6.45) is 6.16. The summed E-state index contributed by atoms with van der Waals surface area (Å²) >= 11 is 8.12. The van der Waals surface area contributed by atoms with Gasteiger partial charge in [-0.2, -0.15) is 4.98 Å². The van der Waals surface area contributed by atoms with E-state index in [9.17, 15) is 19.8 Å². The number of hydrogen-bond donors (Lipinski definition) is 3. The molecule has 2 unspecified atom stereocenters. The first kappa shape index (κ1) is 45.2. The number of β-amino-alcohol motifs (C(OH)–C–C–N with tert-alkyl or cyclic N) is 1. The molecule has 9 rings (SSSR count). The average Bonchev–Trinajstić information content (AvgIpc) is 4.08. The number of carbonyl (C=O) groups excluding carboxylic acids is 1. The van der Waals surface area contributed by atoms with Crippen molar-refractivity contribution in [1.82, 2.24) is 29.7 Å². The first-order valence-electron chi connectivity index (χ1n) is 22.9. The van der Waals surface area contributed by atoms with Crippen molar-refractivity contribution in [1.29, 1.82) is 0 Å². The van der Waals surface area contributed by atoms with E-state index in [2.05, 4.69) is 79.3 Å². The van der Waals surface area contributed by atoms with E-state index in [4.69, 9.17) is 11.6 Å². The monoisotopic (exact) mass is 916 g/mol. The number of thiazole rings is 1. The molecule has 6 heterocycles. The zero-order chi connectivity index (χ0) is 45.7. The van der Waals surface area contributed by atoms with Gasteiger partial charge in [0.25, 0.3) is 5.56 Å². The maximum Gasteiger partial charge on any atom is 0.282 e. The second-order valence-corrected chi connectivity index (χ2v) is 20.4. The lowest BCUT2D eigenvalue weighted by atomic mass is 9.83. The number of carbonyl (C=O) groups is 1. The molecule has 0 saturated carbocycles. The average molecular weight is 918 g/mol. The smallest absolute Gasteiger partial charge is 0.282 e. The van der Waals surface area contributed by atoms with E-state index in [1.54, 1.807) is 27.0 Å². The normalized spacial score (nSPS) is 21.8. The van der Waals surface area contributed by atoms with Crippen LogP contribution in [0.25, 0.3) is 27.0 Å². The van der Waals surface area contributed by atoms with Gasteiger partial charge in [0.2, 0.25) is 11.6 Å². The van der Waals surface area contributed by atoms with Gasteiger partial charge in [-0.3, -0.25) is 19.1 Å². The second kappa shape index (κ2) is 18.4. The van der Waals surface area contributed by atoms with Gasteiger partial charge in [0.1, 0.15) is 23.5 Å². The molecule has 0 spiro atoms. The highest BCUT2D eigenvalue weighted by molar-refractivity contribution is 7.13. The van der Waals surface area contributed by atoms with E-state index in [-0.39, 0.29) is 42.3 Å². The minimum atomic E-state index is -1.02. The van der Waals surface area contributed by atoms with Crippen molar-refractivity contribution >= 4 is 46.0 Å². The maximum absolute atomic E-state index is 13.7. The Balaban J connectivity index is 0.783. The fraction of sp³-hybridized carbons (Fsp3) is 0.460. The van der Waals surface area contributed by atoms with Gasteiger partial charge in [-0.05, 0) is 125 Å². The largest absolute Gasteiger partial charge is 0.392 e. The number of likely N-dealkylation sites (tertiary alicyclic amines) is 2. The number of allylic oxidation sites excluding steroid dienone is 1. The number of hydrogen-bond acceptors (Lipinski definition) is 11. The molecule has 0 aliphatic carbocycles. The Kier molecular flexibility index (Phi) is 12.8. The van der Waals surface area contributed by atoms with E-state index in [0.717, 1.165) is 95.3 Å². The first-order valence-corrected chi connectivity index (χ1v) is 24.2. The van der Waals surface area contributed by atoms with Crippen molar-refractivity contribution in [2.45, 2.75) is 109 Å². The molecule has 2 saturated heterocycles. The number of amides is 1. The number of rotatable bonds is 13. The predicted molar refractivity (Wildman–Crippen MR) is 256 cm³/mol. The third-order valence-corrected chi connectivity index (χ3v) is 15.4. The first-order chi connectivity index (χ1) is 31.2. The van der Waals surface area contributed by atoms with Gasteiger partial charge in [-0.25, -0.2) is 4.98 Å². The number of halogens is 1. The minimum absolute atomic E-state index is 0.0166. The van der Waals surface area contributed by atoms with Crippen LogP contribution in [0, 0.1) is 18.8 Å². The third-order valence-electron chi connectivity index (χ3n) is 14.1. The Labute approximate surface area is 389 Å². The van der Waals surface area contributed by atoms with Crippen LogP contribution in [0.15, 0.2) is 93.2 Å². The maximum atomic E-state index is 13.7. The zero-order valence-electron chi connectivity index (χ0n) is 38.0. The summed E-state index contributed by atoms with van der Waals surface area (Å²) in [5.41, 5.74) is 9.45. The van der Waals surface area contributed by atoms with E-state index in [1.807, 2.05) is 69.9 Å². The Bertz CT molecular complexity index is 2750. The van der Waals surface area contributed by atoms with Crippen molar-refractivity contribution in [3.05, 3.63) is 122 Å². The molecule has 4 aliphatic rings. The van der Waals surface area contributed by atoms with Crippen LogP contribution < -0.4 is 10.9 Å². The lowest BCUT2D eigenvalue weighted by Gasteiger charge is -2.34. The minimum Gasteiger partial charge on any atom is -0.392 e. The number of aryl methyl sites for hydroxylation is 1. The molecule has 3 N–H and O–H groups in total. The number of aromatic nitrogens is 3. The third kappa shape index (κ3) is 8.88. The number of nitrogens with one attached hydrogen (secondary N) is 1. The summed E-state index contributed by atoms with van der Waals surface area (Å²) in [5, 5.41) is 35.5. The second-order valence-electron chi connectivity index (χ2n) is 19.1. The van der Waals surface area contributed by atoms with Crippen LogP contribution in [0.1, 0.15) is 107 Å². The number of aliphatic hydroxyl groups excluding tert-OH is 2. The molecule has 2 aromatic heterocycles. The molecule has 5 atom stereocenters. The highest BCUT2D eigenvalue weighted by Gasteiger charge is 2.43. The molecular weight excluding hydrogens is 858 g/mol. The number of benzene rings is 3. The summed E-state index contributed by atoms with van der Waals surface area (Å²) in [7, 11) is 0. The van der Waals surface area contributed by atoms with E-state index in [0.29, 0.717) is 16.3 Å². The molecule has 65 heavy (non-hydrogen) atoms. The predicted octanol–water partition coefficient (Wildman–Crippen LogP) is 8.28. The van der Waals surface area contributed by atoms with Crippen molar-refractivity contribution < 1.29 is 19.7 Å². The molecule has 1 amide bonds. The zero-order valence-corrected chi connectivity index (χ0v) is 39.6. The number of aliphatic hydroxyl groups is 2. The number of piperidine rings is 1. The molecule has 13 nitrogen and oxygen atoms in total. The Hall–Kier alpha value is -4.96. The van der Waals surface area contributed by atoms with Gasteiger partial charge in [0.15, 0.2) is 6.20 Å². The SMILES string of the molecule is Cc1ncsc1-c1ccc([C@H](C)NC(=O)[C@@H]2C[C@@H](O)CN2C(O)C(/C=[N+]2\C=C(CCCN3CCC(c4ccc5c(c4)-n4c(nc(=O)c6c(Cl)cccc64)C5(C)C)CC3)N=N2)C(C)C)cc1. The Morgan fingerprint density at radius 3 is 2.58 bits per heavy atom. The van der Waals surface area contributed by atoms with Gasteiger partial charge < -0.3 is 20.4 Å². The molecule has 340 valence electrons. The van der Waals surface area contributed by atoms with Crippen LogP contribution in [0.3, 0.4) is 0 Å². The molecule has 5 aromatic rings. The molecular formula is C50H59ClN9O4S+. The molecule has 4 aliphatic heterocycles. The molecule has 3 aromatic carbocycles. The van der Waals surface area contributed by atoms with Crippen molar-refractivity contribution in [3.63, 3.8) is 0 Å². The van der Waals surface area contributed by atoms with Crippen LogP contribution in [0.4, 0.5) is 0 Å². The van der Waals surface area contributed by atoms with Crippen LogP contribution in [-0.2, 0) is 10.2 Å². The summed E-state index contributed by atoms with van der Waals surface area (Å²) in [6.45, 7) is 15.5. The summed E-state index contributed by atoms with van der Waals surface area (Å²) in [6, 6.07) is 19.6. The molecule has 0 bridgehead atoms. The Morgan fingerprint density at radius 1 is 1.09 bits per heavy atom. The molecule has 0 radical (unpaired) electrons. The molecule has 15 heteroatoms. The standard InChI is InChI=1S/C50H58ClN9O4S/c1-29(2)38(48(64)59-26-37(61)24-43(59)46(62)53-30(3)32-12-14-34(15-13-32)45-31(4)52-28-65-45)27-58-25-36(55-56-58)9-8-20-57-21-18-33(19-22-57)35-16-17-39-42(23-35)60-41-11-7-10-40(51)44(41)47(63)54-49(60)50(39,5)6/h7,10-17,23,25,27-30,33,37-38,43,48,61,64H,8-9,18-22,24,26H2,1-6H3/p+1/b58-27+/t30-,37+,38?,43-,48?/m0/s1. The fourth-order valence-electron chi connectivity index (χ4n) is 10.3. The lowest BCUT2D eigenvalue weighted by Crippen LogP contribution is -2.52. The summed E-state index contributed by atoms with van der Waals surface area (Å²) < 4.78 is 3.83. The van der Waals surface area contributed by atoms with E-state index in [1.165, 1.54) is 5.56 Å². The fourth-order valence-corrected chi connectivity index (χ4v) is 11.3.